The van der Waals surface area contributed by atoms with E-state index in [0.29, 0.717) is 12.5 Å². The van der Waals surface area contributed by atoms with E-state index in [1.165, 1.54) is 76.3 Å². The second-order valence-corrected chi connectivity index (χ2v) is 11.8. The molecule has 208 valence electrons. The first-order chi connectivity index (χ1) is 17.9. The molecule has 0 bridgehead atoms. The number of ketones is 1. The van der Waals surface area contributed by atoms with Gasteiger partial charge in [0, 0.05) is 12.0 Å². The highest BCUT2D eigenvalue weighted by Crippen LogP contribution is 2.44. The molecule has 4 rings (SSSR count). The Hall–Kier alpha value is -1.56. The van der Waals surface area contributed by atoms with Crippen molar-refractivity contribution >= 4 is 5.78 Å². The molecule has 0 N–H and O–H groups in total. The van der Waals surface area contributed by atoms with Gasteiger partial charge in [0.15, 0.2) is 17.3 Å². The molecule has 6 heteroatoms. The fourth-order valence-corrected chi connectivity index (χ4v) is 7.37. The third kappa shape index (κ3) is 7.10. The van der Waals surface area contributed by atoms with Crippen molar-refractivity contribution in [2.45, 2.75) is 110 Å². The van der Waals surface area contributed by atoms with E-state index in [4.69, 9.17) is 9.47 Å². The zero-order chi connectivity index (χ0) is 26.4. The van der Waals surface area contributed by atoms with Crippen LogP contribution in [0.3, 0.4) is 0 Å². The quantitative estimate of drug-likeness (QED) is 0.288. The zero-order valence-electron chi connectivity index (χ0n) is 22.7. The molecule has 0 spiro atoms. The Morgan fingerprint density at radius 3 is 2.11 bits per heavy atom. The standard InChI is InChI=1S/C31H45F3O3/c1-3-5-20-6-9-22(10-7-20)23-11-13-24(14-12-23)27-16-8-21(19-37-27)18-26(35)25-15-17-28(36-4-2)30(32)29(25)31(33)34/h15,17,20-24,27,31H,3-14,16,18-19H2,1-2H3. The zero-order valence-corrected chi connectivity index (χ0v) is 22.7. The predicted octanol–water partition coefficient (Wildman–Crippen LogP) is 8.94. The summed E-state index contributed by atoms with van der Waals surface area (Å²) in [6.07, 6.45) is 12.5. The summed E-state index contributed by atoms with van der Waals surface area (Å²) < 4.78 is 53.2. The van der Waals surface area contributed by atoms with Crippen LogP contribution in [-0.4, -0.2) is 25.1 Å². The van der Waals surface area contributed by atoms with Crippen molar-refractivity contribution in [2.24, 2.45) is 29.6 Å². The smallest absolute Gasteiger partial charge is 0.267 e. The molecule has 3 aliphatic rings. The first-order valence-corrected chi connectivity index (χ1v) is 14.8. The molecule has 1 saturated heterocycles. The molecule has 0 amide bonds. The van der Waals surface area contributed by atoms with Gasteiger partial charge in [-0.1, -0.05) is 32.6 Å². The van der Waals surface area contributed by atoms with Crippen molar-refractivity contribution in [1.82, 2.24) is 0 Å². The van der Waals surface area contributed by atoms with Crippen LogP contribution < -0.4 is 4.74 Å². The Kier molecular flexibility index (Phi) is 10.4. The van der Waals surface area contributed by atoms with Crippen molar-refractivity contribution < 1.29 is 27.4 Å². The summed E-state index contributed by atoms with van der Waals surface area (Å²) in [4.78, 5) is 12.9. The maximum absolute atomic E-state index is 14.6. The first-order valence-electron chi connectivity index (χ1n) is 14.8. The van der Waals surface area contributed by atoms with Crippen LogP contribution in [0, 0.1) is 35.4 Å². The molecule has 2 atom stereocenters. The SMILES string of the molecule is CCCC1CCC(C2CCC(C3CCC(CC(=O)c4ccc(OCC)c(F)c4C(F)F)CO3)CC2)CC1. The second kappa shape index (κ2) is 13.5. The van der Waals surface area contributed by atoms with Crippen LogP contribution in [0.5, 0.6) is 5.75 Å². The average molecular weight is 523 g/mol. The normalized spacial score (nSPS) is 30.9. The van der Waals surface area contributed by atoms with Crippen LogP contribution in [0.2, 0.25) is 0 Å². The number of alkyl halides is 2. The van der Waals surface area contributed by atoms with Crippen LogP contribution in [0.1, 0.15) is 120 Å². The summed E-state index contributed by atoms with van der Waals surface area (Å²) in [7, 11) is 0. The molecule has 3 fully saturated rings. The van der Waals surface area contributed by atoms with Gasteiger partial charge in [0.1, 0.15) is 0 Å². The molecule has 0 radical (unpaired) electrons. The van der Waals surface area contributed by atoms with Crippen molar-refractivity contribution in [1.29, 1.82) is 0 Å². The number of hydrogen-bond acceptors (Lipinski definition) is 3. The van der Waals surface area contributed by atoms with E-state index >= 15 is 0 Å². The summed E-state index contributed by atoms with van der Waals surface area (Å²) in [5.41, 5.74) is -1.08. The van der Waals surface area contributed by atoms with E-state index < -0.39 is 23.6 Å². The summed E-state index contributed by atoms with van der Waals surface area (Å²) in [6.45, 7) is 4.59. The first kappa shape index (κ1) is 28.4. The number of carbonyl (C=O) groups is 1. The van der Waals surface area contributed by atoms with E-state index in [0.717, 1.165) is 30.6 Å². The molecule has 2 saturated carbocycles. The lowest BCUT2D eigenvalue weighted by atomic mass is 9.67. The minimum absolute atomic E-state index is 0.0152. The third-order valence-corrected chi connectivity index (χ3v) is 9.44. The van der Waals surface area contributed by atoms with E-state index in [9.17, 15) is 18.0 Å². The fourth-order valence-electron chi connectivity index (χ4n) is 7.37. The number of halogens is 3. The van der Waals surface area contributed by atoms with Gasteiger partial charge >= 0.3 is 0 Å². The molecule has 3 nitrogen and oxygen atoms in total. The fraction of sp³-hybridized carbons (Fsp3) is 0.774. The summed E-state index contributed by atoms with van der Waals surface area (Å²) >= 11 is 0. The van der Waals surface area contributed by atoms with Crippen LogP contribution in [0.25, 0.3) is 0 Å². The predicted molar refractivity (Wildman–Crippen MR) is 140 cm³/mol. The van der Waals surface area contributed by atoms with Crippen LogP contribution in [0.4, 0.5) is 13.2 Å². The lowest BCUT2D eigenvalue weighted by Gasteiger charge is -2.41. The number of ether oxygens (including phenoxy) is 2. The summed E-state index contributed by atoms with van der Waals surface area (Å²) in [5.74, 6) is 1.52. The van der Waals surface area contributed by atoms with Gasteiger partial charge in [0.2, 0.25) is 0 Å². The molecule has 1 aromatic carbocycles. The molecule has 0 aromatic heterocycles. The average Bonchev–Trinajstić information content (AvgIpc) is 2.91. The summed E-state index contributed by atoms with van der Waals surface area (Å²) in [6, 6.07) is 2.55. The van der Waals surface area contributed by atoms with E-state index in [1.54, 1.807) is 6.92 Å². The highest BCUT2D eigenvalue weighted by atomic mass is 19.3. The van der Waals surface area contributed by atoms with Gasteiger partial charge in [0.05, 0.1) is 24.9 Å². The highest BCUT2D eigenvalue weighted by molar-refractivity contribution is 5.98. The second-order valence-electron chi connectivity index (χ2n) is 11.8. The Labute approximate surface area is 220 Å². The molecule has 1 aromatic rings. The van der Waals surface area contributed by atoms with Crippen molar-refractivity contribution in [3.05, 3.63) is 29.1 Å². The topological polar surface area (TPSA) is 35.5 Å². The highest BCUT2D eigenvalue weighted by Gasteiger charge is 2.36. The molecular formula is C31H45F3O3. The van der Waals surface area contributed by atoms with Gasteiger partial charge in [-0.05, 0) is 100 Å². The lowest BCUT2D eigenvalue weighted by molar-refractivity contribution is -0.0603. The Morgan fingerprint density at radius 2 is 1.54 bits per heavy atom. The third-order valence-electron chi connectivity index (χ3n) is 9.44. The maximum Gasteiger partial charge on any atom is 0.267 e. The number of Topliss-reactive ketones (excluding diaryl/α,β-unsaturated/α-hetero) is 1. The van der Waals surface area contributed by atoms with Crippen LogP contribution >= 0.6 is 0 Å². The minimum atomic E-state index is -3.08. The van der Waals surface area contributed by atoms with Crippen molar-refractivity contribution in [3.63, 3.8) is 0 Å². The number of rotatable bonds is 10. The van der Waals surface area contributed by atoms with Gasteiger partial charge in [-0.3, -0.25) is 4.79 Å². The Bertz CT molecular complexity index is 865. The lowest BCUT2D eigenvalue weighted by Crippen LogP contribution is -2.36. The Morgan fingerprint density at radius 1 is 0.919 bits per heavy atom. The van der Waals surface area contributed by atoms with E-state index in [2.05, 4.69) is 6.92 Å². The minimum Gasteiger partial charge on any atom is -0.491 e. The van der Waals surface area contributed by atoms with Crippen molar-refractivity contribution in [3.8, 4) is 5.75 Å². The largest absolute Gasteiger partial charge is 0.491 e. The Balaban J connectivity index is 1.23. The molecule has 37 heavy (non-hydrogen) atoms. The van der Waals surface area contributed by atoms with Crippen LogP contribution in [-0.2, 0) is 4.74 Å². The number of hydrogen-bond donors (Lipinski definition) is 0. The van der Waals surface area contributed by atoms with Gasteiger partial charge in [-0.25, -0.2) is 13.2 Å². The van der Waals surface area contributed by atoms with E-state index in [-0.39, 0.29) is 36.4 Å². The van der Waals surface area contributed by atoms with Gasteiger partial charge < -0.3 is 9.47 Å². The van der Waals surface area contributed by atoms with Crippen LogP contribution in [0.15, 0.2) is 12.1 Å². The molecule has 2 unspecified atom stereocenters. The molecule has 1 aliphatic heterocycles. The van der Waals surface area contributed by atoms with E-state index in [1.807, 2.05) is 0 Å². The van der Waals surface area contributed by atoms with Gasteiger partial charge in [-0.15, -0.1) is 0 Å². The molecule has 2 aliphatic carbocycles. The maximum atomic E-state index is 14.6. The number of carbonyl (C=O) groups excluding carboxylic acids is 1. The molecular weight excluding hydrogens is 477 g/mol. The van der Waals surface area contributed by atoms with Gasteiger partial charge in [-0.2, -0.15) is 0 Å². The molecule has 1 heterocycles. The van der Waals surface area contributed by atoms with Crippen molar-refractivity contribution in [2.75, 3.05) is 13.2 Å². The summed E-state index contributed by atoms with van der Waals surface area (Å²) in [5, 5.41) is 0. The number of benzene rings is 1. The monoisotopic (exact) mass is 522 g/mol. The van der Waals surface area contributed by atoms with Gasteiger partial charge in [0.25, 0.3) is 6.43 Å².